The summed E-state index contributed by atoms with van der Waals surface area (Å²) in [6.07, 6.45) is 0.576. The number of rotatable bonds is 2. The molecule has 0 aliphatic carbocycles. The van der Waals surface area contributed by atoms with Gasteiger partial charge in [-0.3, -0.25) is 9.69 Å². The number of nitrogens with two attached hydrogens (primary N) is 1. The van der Waals surface area contributed by atoms with Crippen LogP contribution < -0.4 is 11.1 Å². The minimum Gasteiger partial charge on any atom is -0.399 e. The summed E-state index contributed by atoms with van der Waals surface area (Å²) in [4.78, 5) is 13.6. The predicted molar refractivity (Wildman–Crippen MR) is 68.5 cm³/mol. The van der Waals surface area contributed by atoms with Crippen LogP contribution in [0.25, 0.3) is 0 Å². The number of carbonyl (C=O) groups excluding carboxylic acids is 1. The third-order valence-corrected chi connectivity index (χ3v) is 3.29. The number of carbonyl (C=O) groups is 1. The Morgan fingerprint density at radius 1 is 1.41 bits per heavy atom. The number of nitrogens with zero attached hydrogens (tertiary/aromatic N) is 1. The standard InChI is InChI=1S/C13H19N3O/c1-10(11-3-2-4-12(14)9-11)16-7-5-13(17)15-6-8-16/h2-4,9-10H,5-8,14H2,1H3,(H,15,17). The predicted octanol–water partition coefficient (Wildman–Crippen LogP) is 1.15. The minimum atomic E-state index is 0.146. The van der Waals surface area contributed by atoms with Gasteiger partial charge in [-0.25, -0.2) is 0 Å². The molecule has 1 aliphatic heterocycles. The summed E-state index contributed by atoms with van der Waals surface area (Å²) in [5.41, 5.74) is 7.79. The molecule has 1 aromatic carbocycles. The molecule has 92 valence electrons. The lowest BCUT2D eigenvalue weighted by Crippen LogP contribution is -2.31. The molecule has 4 heteroatoms. The number of nitrogens with one attached hydrogen (secondary N) is 1. The van der Waals surface area contributed by atoms with Gasteiger partial charge in [0.2, 0.25) is 5.91 Å². The summed E-state index contributed by atoms with van der Waals surface area (Å²) in [7, 11) is 0. The molecule has 1 fully saturated rings. The molecule has 0 saturated carbocycles. The van der Waals surface area contributed by atoms with E-state index in [2.05, 4.69) is 23.2 Å². The Morgan fingerprint density at radius 2 is 2.24 bits per heavy atom. The van der Waals surface area contributed by atoms with E-state index >= 15 is 0 Å². The first-order chi connectivity index (χ1) is 8.16. The van der Waals surface area contributed by atoms with Crippen LogP contribution in [0.4, 0.5) is 5.69 Å². The molecule has 0 spiro atoms. The van der Waals surface area contributed by atoms with Crippen molar-refractivity contribution < 1.29 is 4.79 Å². The van der Waals surface area contributed by atoms with Crippen LogP contribution in [0.5, 0.6) is 0 Å². The number of benzene rings is 1. The van der Waals surface area contributed by atoms with Crippen LogP contribution in [0.1, 0.15) is 24.9 Å². The summed E-state index contributed by atoms with van der Waals surface area (Å²) in [6.45, 7) is 4.58. The SMILES string of the molecule is CC(c1cccc(N)c1)N1CCNC(=O)CC1. The van der Waals surface area contributed by atoms with Gasteiger partial charge in [-0.15, -0.1) is 0 Å². The molecule has 17 heavy (non-hydrogen) atoms. The topological polar surface area (TPSA) is 58.4 Å². The maximum absolute atomic E-state index is 11.3. The summed E-state index contributed by atoms with van der Waals surface area (Å²) < 4.78 is 0. The van der Waals surface area contributed by atoms with Gasteiger partial charge in [-0.1, -0.05) is 12.1 Å². The minimum absolute atomic E-state index is 0.146. The Hall–Kier alpha value is -1.55. The Balaban J connectivity index is 2.08. The van der Waals surface area contributed by atoms with Crippen LogP contribution >= 0.6 is 0 Å². The van der Waals surface area contributed by atoms with Crippen molar-refractivity contribution in [2.45, 2.75) is 19.4 Å². The van der Waals surface area contributed by atoms with Crippen molar-refractivity contribution in [1.29, 1.82) is 0 Å². The van der Waals surface area contributed by atoms with E-state index in [4.69, 9.17) is 5.73 Å². The van der Waals surface area contributed by atoms with Crippen molar-refractivity contribution in [3.63, 3.8) is 0 Å². The third kappa shape index (κ3) is 2.97. The first-order valence-corrected chi connectivity index (χ1v) is 6.03. The lowest BCUT2D eigenvalue weighted by molar-refractivity contribution is -0.120. The zero-order valence-electron chi connectivity index (χ0n) is 10.1. The summed E-state index contributed by atoms with van der Waals surface area (Å²) in [5, 5.41) is 2.89. The van der Waals surface area contributed by atoms with Crippen LogP contribution in [0.2, 0.25) is 0 Å². The maximum atomic E-state index is 11.3. The van der Waals surface area contributed by atoms with Gasteiger partial charge in [0, 0.05) is 37.8 Å². The fourth-order valence-corrected chi connectivity index (χ4v) is 2.20. The van der Waals surface area contributed by atoms with Crippen molar-refractivity contribution in [2.24, 2.45) is 0 Å². The van der Waals surface area contributed by atoms with Gasteiger partial charge in [0.15, 0.2) is 0 Å². The number of nitrogen functional groups attached to an aromatic ring is 1. The highest BCUT2D eigenvalue weighted by Crippen LogP contribution is 2.22. The molecular weight excluding hydrogens is 214 g/mol. The second-order valence-electron chi connectivity index (χ2n) is 4.48. The van der Waals surface area contributed by atoms with E-state index in [0.29, 0.717) is 12.5 Å². The van der Waals surface area contributed by atoms with Gasteiger partial charge >= 0.3 is 0 Å². The normalized spacial score (nSPS) is 19.5. The molecule has 0 aromatic heterocycles. The van der Waals surface area contributed by atoms with E-state index in [1.165, 1.54) is 5.56 Å². The van der Waals surface area contributed by atoms with Crippen molar-refractivity contribution in [2.75, 3.05) is 25.4 Å². The lowest BCUT2D eigenvalue weighted by Gasteiger charge is -2.27. The quantitative estimate of drug-likeness (QED) is 0.753. The lowest BCUT2D eigenvalue weighted by atomic mass is 10.1. The zero-order chi connectivity index (χ0) is 12.3. The molecule has 3 N–H and O–H groups in total. The summed E-state index contributed by atoms with van der Waals surface area (Å²) in [5.74, 6) is 0.146. The van der Waals surface area contributed by atoms with Crippen molar-refractivity contribution >= 4 is 11.6 Å². The summed E-state index contributed by atoms with van der Waals surface area (Å²) >= 11 is 0. The Labute approximate surface area is 102 Å². The molecule has 0 radical (unpaired) electrons. The van der Waals surface area contributed by atoms with Crippen LogP contribution in [-0.2, 0) is 4.79 Å². The van der Waals surface area contributed by atoms with Gasteiger partial charge in [0.25, 0.3) is 0 Å². The van der Waals surface area contributed by atoms with Gasteiger partial charge in [-0.2, -0.15) is 0 Å². The Morgan fingerprint density at radius 3 is 3.00 bits per heavy atom. The molecule has 1 amide bonds. The highest BCUT2D eigenvalue weighted by molar-refractivity contribution is 5.76. The van der Waals surface area contributed by atoms with E-state index in [1.54, 1.807) is 0 Å². The Bertz CT molecular complexity index is 405. The largest absolute Gasteiger partial charge is 0.399 e. The zero-order valence-corrected chi connectivity index (χ0v) is 10.1. The van der Waals surface area contributed by atoms with Gasteiger partial charge in [0.1, 0.15) is 0 Å². The van der Waals surface area contributed by atoms with E-state index in [9.17, 15) is 4.79 Å². The van der Waals surface area contributed by atoms with Crippen molar-refractivity contribution in [3.8, 4) is 0 Å². The average Bonchev–Trinajstić information content (AvgIpc) is 2.53. The molecule has 0 bridgehead atoms. The second kappa shape index (κ2) is 5.19. The van der Waals surface area contributed by atoms with Crippen LogP contribution in [0.15, 0.2) is 24.3 Å². The maximum Gasteiger partial charge on any atom is 0.221 e. The van der Waals surface area contributed by atoms with Crippen LogP contribution in [0.3, 0.4) is 0 Å². The number of hydrogen-bond acceptors (Lipinski definition) is 3. The Kier molecular flexibility index (Phi) is 3.64. The molecular formula is C13H19N3O. The van der Waals surface area contributed by atoms with Gasteiger partial charge in [0.05, 0.1) is 0 Å². The number of amides is 1. The highest BCUT2D eigenvalue weighted by atomic mass is 16.1. The van der Waals surface area contributed by atoms with Crippen molar-refractivity contribution in [1.82, 2.24) is 10.2 Å². The molecule has 1 aliphatic rings. The highest BCUT2D eigenvalue weighted by Gasteiger charge is 2.19. The molecule has 2 rings (SSSR count). The monoisotopic (exact) mass is 233 g/mol. The van der Waals surface area contributed by atoms with Crippen LogP contribution in [-0.4, -0.2) is 30.4 Å². The molecule has 4 nitrogen and oxygen atoms in total. The van der Waals surface area contributed by atoms with Gasteiger partial charge in [-0.05, 0) is 24.6 Å². The van der Waals surface area contributed by atoms with E-state index in [-0.39, 0.29) is 5.91 Å². The van der Waals surface area contributed by atoms with Crippen LogP contribution in [0, 0.1) is 0 Å². The smallest absolute Gasteiger partial charge is 0.221 e. The van der Waals surface area contributed by atoms with E-state index in [1.807, 2.05) is 18.2 Å². The van der Waals surface area contributed by atoms with E-state index < -0.39 is 0 Å². The first kappa shape index (κ1) is 11.9. The molecule has 1 heterocycles. The molecule has 1 saturated heterocycles. The summed E-state index contributed by atoms with van der Waals surface area (Å²) in [6, 6.07) is 8.25. The van der Waals surface area contributed by atoms with Gasteiger partial charge < -0.3 is 11.1 Å². The fraction of sp³-hybridized carbons (Fsp3) is 0.462. The molecule has 1 unspecified atom stereocenters. The number of hydrogen-bond donors (Lipinski definition) is 2. The second-order valence-corrected chi connectivity index (χ2v) is 4.48. The fourth-order valence-electron chi connectivity index (χ4n) is 2.20. The third-order valence-electron chi connectivity index (χ3n) is 3.29. The molecule has 1 atom stereocenters. The van der Waals surface area contributed by atoms with E-state index in [0.717, 1.165) is 25.3 Å². The molecule has 1 aromatic rings. The van der Waals surface area contributed by atoms with Crippen molar-refractivity contribution in [3.05, 3.63) is 29.8 Å². The first-order valence-electron chi connectivity index (χ1n) is 6.03. The number of anilines is 1. The average molecular weight is 233 g/mol.